The van der Waals surface area contributed by atoms with E-state index in [9.17, 15) is 8.78 Å². The maximum atomic E-state index is 12.7. The standard InChI is InChI=1S/C13H19F2N5.ClH/c1-9(2)7-19-8-12(10(3)18-19)16-6-11-4-5-17-20(11)13(14)15;/h4-5,8-9,13,16H,6-7H2,1-3H3;1H. The summed E-state index contributed by atoms with van der Waals surface area (Å²) in [5.41, 5.74) is 2.15. The third kappa shape index (κ3) is 4.42. The molecule has 2 heterocycles. The number of halogens is 3. The van der Waals surface area contributed by atoms with Crippen LogP contribution in [0.2, 0.25) is 0 Å². The summed E-state index contributed by atoms with van der Waals surface area (Å²) in [6.07, 6.45) is 3.27. The fraction of sp³-hybridized carbons (Fsp3) is 0.538. The summed E-state index contributed by atoms with van der Waals surface area (Å²) in [6.45, 7) is 4.63. The van der Waals surface area contributed by atoms with E-state index in [0.717, 1.165) is 17.9 Å². The van der Waals surface area contributed by atoms with E-state index in [1.54, 1.807) is 6.07 Å². The van der Waals surface area contributed by atoms with Crippen LogP contribution < -0.4 is 5.32 Å². The molecule has 0 aromatic carbocycles. The van der Waals surface area contributed by atoms with E-state index >= 15 is 0 Å². The summed E-state index contributed by atoms with van der Waals surface area (Å²) < 4.78 is 27.9. The van der Waals surface area contributed by atoms with Gasteiger partial charge in [0, 0.05) is 18.9 Å². The van der Waals surface area contributed by atoms with Gasteiger partial charge in [-0.05, 0) is 18.9 Å². The van der Waals surface area contributed by atoms with Crippen LogP contribution >= 0.6 is 12.4 Å². The Balaban J connectivity index is 0.00000220. The lowest BCUT2D eigenvalue weighted by Gasteiger charge is -2.07. The van der Waals surface area contributed by atoms with Crippen LogP contribution in [0.5, 0.6) is 0 Å². The first-order chi connectivity index (χ1) is 9.47. The van der Waals surface area contributed by atoms with E-state index in [-0.39, 0.29) is 12.4 Å². The van der Waals surface area contributed by atoms with E-state index in [4.69, 9.17) is 0 Å². The van der Waals surface area contributed by atoms with Gasteiger partial charge >= 0.3 is 6.55 Å². The molecular formula is C13H20ClF2N5. The summed E-state index contributed by atoms with van der Waals surface area (Å²) in [7, 11) is 0. The number of hydrogen-bond donors (Lipinski definition) is 1. The summed E-state index contributed by atoms with van der Waals surface area (Å²) >= 11 is 0. The van der Waals surface area contributed by atoms with Crippen molar-refractivity contribution in [1.82, 2.24) is 19.6 Å². The van der Waals surface area contributed by atoms with Crippen molar-refractivity contribution in [3.05, 3.63) is 29.8 Å². The molecule has 0 fully saturated rings. The van der Waals surface area contributed by atoms with Gasteiger partial charge < -0.3 is 5.32 Å². The number of aryl methyl sites for hydroxylation is 1. The molecule has 0 radical (unpaired) electrons. The van der Waals surface area contributed by atoms with E-state index in [1.807, 2.05) is 17.8 Å². The van der Waals surface area contributed by atoms with Crippen molar-refractivity contribution in [1.29, 1.82) is 0 Å². The molecule has 118 valence electrons. The predicted octanol–water partition coefficient (Wildman–Crippen LogP) is 3.47. The number of nitrogens with zero attached hydrogens (tertiary/aromatic N) is 4. The van der Waals surface area contributed by atoms with Crippen molar-refractivity contribution in [3.8, 4) is 0 Å². The first kappa shape index (κ1) is 17.4. The molecule has 8 heteroatoms. The first-order valence-corrected chi connectivity index (χ1v) is 6.56. The minimum atomic E-state index is -2.62. The molecule has 0 unspecified atom stereocenters. The Morgan fingerprint density at radius 3 is 2.67 bits per heavy atom. The lowest BCUT2D eigenvalue weighted by molar-refractivity contribution is 0.0537. The highest BCUT2D eigenvalue weighted by atomic mass is 35.5. The number of alkyl halides is 2. The zero-order chi connectivity index (χ0) is 14.7. The van der Waals surface area contributed by atoms with Gasteiger partial charge in [0.2, 0.25) is 0 Å². The minimum Gasteiger partial charge on any atom is -0.377 e. The molecule has 2 rings (SSSR count). The Morgan fingerprint density at radius 2 is 2.05 bits per heavy atom. The zero-order valence-corrected chi connectivity index (χ0v) is 13.1. The molecule has 0 atom stereocenters. The molecule has 1 N–H and O–H groups in total. The largest absolute Gasteiger partial charge is 0.377 e. The van der Waals surface area contributed by atoms with E-state index in [0.29, 0.717) is 22.8 Å². The highest BCUT2D eigenvalue weighted by Gasteiger charge is 2.12. The lowest BCUT2D eigenvalue weighted by Crippen LogP contribution is -2.09. The molecular weight excluding hydrogens is 300 g/mol. The third-order valence-corrected chi connectivity index (χ3v) is 2.90. The fourth-order valence-electron chi connectivity index (χ4n) is 2.00. The molecule has 0 saturated heterocycles. The lowest BCUT2D eigenvalue weighted by atomic mass is 10.2. The number of hydrogen-bond acceptors (Lipinski definition) is 3. The van der Waals surface area contributed by atoms with E-state index in [2.05, 4.69) is 29.4 Å². The van der Waals surface area contributed by atoms with Gasteiger partial charge in [-0.3, -0.25) is 4.68 Å². The number of anilines is 1. The predicted molar refractivity (Wildman–Crippen MR) is 79.9 cm³/mol. The molecule has 5 nitrogen and oxygen atoms in total. The first-order valence-electron chi connectivity index (χ1n) is 6.56. The molecule has 0 amide bonds. The van der Waals surface area contributed by atoms with Crippen molar-refractivity contribution in [2.75, 3.05) is 5.32 Å². The molecule has 0 aliphatic heterocycles. The minimum absolute atomic E-state index is 0. The van der Waals surface area contributed by atoms with Crippen LogP contribution in [0.3, 0.4) is 0 Å². The van der Waals surface area contributed by atoms with Gasteiger partial charge in [0.05, 0.1) is 23.6 Å². The summed E-state index contributed by atoms with van der Waals surface area (Å²) in [4.78, 5) is 0. The van der Waals surface area contributed by atoms with Gasteiger partial charge in [0.25, 0.3) is 0 Å². The van der Waals surface area contributed by atoms with Crippen molar-refractivity contribution in [3.63, 3.8) is 0 Å². The Morgan fingerprint density at radius 1 is 1.33 bits per heavy atom. The maximum absolute atomic E-state index is 12.7. The monoisotopic (exact) mass is 319 g/mol. The molecule has 0 saturated carbocycles. The van der Waals surface area contributed by atoms with Crippen LogP contribution in [0.25, 0.3) is 0 Å². The highest BCUT2D eigenvalue weighted by molar-refractivity contribution is 5.85. The van der Waals surface area contributed by atoms with E-state index < -0.39 is 6.55 Å². The molecule has 0 aliphatic carbocycles. The maximum Gasteiger partial charge on any atom is 0.333 e. The quantitative estimate of drug-likeness (QED) is 0.887. The van der Waals surface area contributed by atoms with Crippen molar-refractivity contribution in [2.45, 2.75) is 40.4 Å². The van der Waals surface area contributed by atoms with Crippen molar-refractivity contribution >= 4 is 18.1 Å². The van der Waals surface area contributed by atoms with Crippen molar-refractivity contribution in [2.24, 2.45) is 5.92 Å². The van der Waals surface area contributed by atoms with E-state index in [1.165, 1.54) is 6.20 Å². The smallest absolute Gasteiger partial charge is 0.333 e. The Hall–Kier alpha value is -1.63. The van der Waals surface area contributed by atoms with Crippen LogP contribution in [-0.2, 0) is 13.1 Å². The molecule has 2 aromatic rings. The number of aromatic nitrogens is 4. The Kier molecular flexibility index (Phi) is 6.14. The number of rotatable bonds is 6. The Labute approximate surface area is 128 Å². The van der Waals surface area contributed by atoms with Crippen LogP contribution in [0.15, 0.2) is 18.5 Å². The van der Waals surface area contributed by atoms with Gasteiger partial charge in [-0.25, -0.2) is 4.68 Å². The van der Waals surface area contributed by atoms with Crippen LogP contribution in [0.1, 0.15) is 31.8 Å². The SMILES string of the molecule is Cc1nn(CC(C)C)cc1NCc1ccnn1C(F)F.Cl. The van der Waals surface area contributed by atoms with Gasteiger partial charge in [-0.1, -0.05) is 13.8 Å². The average molecular weight is 320 g/mol. The second-order valence-electron chi connectivity index (χ2n) is 5.14. The molecule has 0 bridgehead atoms. The topological polar surface area (TPSA) is 47.7 Å². The summed E-state index contributed by atoms with van der Waals surface area (Å²) in [6, 6.07) is 1.58. The normalized spacial score (nSPS) is 11.0. The van der Waals surface area contributed by atoms with Gasteiger partial charge in [-0.2, -0.15) is 19.0 Å². The summed E-state index contributed by atoms with van der Waals surface area (Å²) in [5, 5.41) is 11.1. The molecule has 0 spiro atoms. The Bertz CT molecular complexity index is 565. The van der Waals surface area contributed by atoms with Gasteiger partial charge in [0.15, 0.2) is 0 Å². The zero-order valence-electron chi connectivity index (χ0n) is 12.3. The van der Waals surface area contributed by atoms with Crippen LogP contribution in [0, 0.1) is 12.8 Å². The third-order valence-electron chi connectivity index (χ3n) is 2.90. The molecule has 2 aromatic heterocycles. The van der Waals surface area contributed by atoms with Crippen LogP contribution in [0.4, 0.5) is 14.5 Å². The van der Waals surface area contributed by atoms with Gasteiger partial charge in [0.1, 0.15) is 0 Å². The fourth-order valence-corrected chi connectivity index (χ4v) is 2.00. The van der Waals surface area contributed by atoms with Crippen molar-refractivity contribution < 1.29 is 8.78 Å². The van der Waals surface area contributed by atoms with Crippen LogP contribution in [-0.4, -0.2) is 19.6 Å². The average Bonchev–Trinajstić information content (AvgIpc) is 2.92. The van der Waals surface area contributed by atoms with Gasteiger partial charge in [-0.15, -0.1) is 12.4 Å². The second kappa shape index (κ2) is 7.40. The highest BCUT2D eigenvalue weighted by Crippen LogP contribution is 2.17. The molecule has 0 aliphatic rings. The summed E-state index contributed by atoms with van der Waals surface area (Å²) in [5.74, 6) is 0.502. The number of nitrogens with one attached hydrogen (secondary N) is 1. The molecule has 21 heavy (non-hydrogen) atoms. The second-order valence-corrected chi connectivity index (χ2v) is 5.14.